The van der Waals surface area contributed by atoms with E-state index in [0.717, 1.165) is 0 Å². The number of aliphatic hydroxyl groups excluding tert-OH is 2. The number of aromatic hydroxyl groups is 2. The Morgan fingerprint density at radius 3 is 1.89 bits per heavy atom. The van der Waals surface area contributed by atoms with Crippen LogP contribution in [0, 0.1) is 0 Å². The molecule has 2 aromatic rings. The molecule has 96 valence electrons. The number of rotatable bonds is 2. The van der Waals surface area contributed by atoms with Crippen molar-refractivity contribution >= 4 is 0 Å². The van der Waals surface area contributed by atoms with Crippen LogP contribution in [0.5, 0.6) is 11.5 Å². The first-order chi connectivity index (χ1) is 8.67. The van der Waals surface area contributed by atoms with Crippen LogP contribution in [0.25, 0.3) is 0 Å². The lowest BCUT2D eigenvalue weighted by Crippen LogP contribution is -1.88. The van der Waals surface area contributed by atoms with Gasteiger partial charge in [0.15, 0.2) is 0 Å². The van der Waals surface area contributed by atoms with Crippen molar-refractivity contribution < 1.29 is 20.4 Å². The first-order valence-electron chi connectivity index (χ1n) is 5.44. The zero-order valence-corrected chi connectivity index (χ0v) is 9.82. The third-order valence-electron chi connectivity index (χ3n) is 2.25. The van der Waals surface area contributed by atoms with Crippen molar-refractivity contribution in [3.8, 4) is 11.5 Å². The molecule has 4 heteroatoms. The summed E-state index contributed by atoms with van der Waals surface area (Å²) >= 11 is 0. The first kappa shape index (κ1) is 14.0. The van der Waals surface area contributed by atoms with Gasteiger partial charge in [-0.25, -0.2) is 0 Å². The highest BCUT2D eigenvalue weighted by atomic mass is 16.3. The topological polar surface area (TPSA) is 80.9 Å². The fourth-order valence-corrected chi connectivity index (χ4v) is 1.29. The fraction of sp³-hybridized carbons (Fsp3) is 0.143. The molecule has 18 heavy (non-hydrogen) atoms. The minimum atomic E-state index is -0.209. The third kappa shape index (κ3) is 4.45. The molecule has 0 radical (unpaired) electrons. The van der Waals surface area contributed by atoms with Gasteiger partial charge >= 0.3 is 0 Å². The minimum absolute atomic E-state index is 0.0599. The quantitative estimate of drug-likeness (QED) is 0.653. The zero-order valence-electron chi connectivity index (χ0n) is 9.82. The van der Waals surface area contributed by atoms with Gasteiger partial charge in [-0.2, -0.15) is 0 Å². The normalized spacial score (nSPS) is 9.44. The van der Waals surface area contributed by atoms with E-state index in [1.165, 1.54) is 6.07 Å². The Hall–Kier alpha value is -2.04. The molecule has 0 amide bonds. The Labute approximate surface area is 105 Å². The van der Waals surface area contributed by atoms with Crippen molar-refractivity contribution in [1.29, 1.82) is 0 Å². The van der Waals surface area contributed by atoms with Crippen LogP contribution in [-0.2, 0) is 13.2 Å². The molecule has 0 unspecified atom stereocenters. The molecule has 4 N–H and O–H groups in total. The molecule has 0 bridgehead atoms. The van der Waals surface area contributed by atoms with Gasteiger partial charge in [0.1, 0.15) is 11.5 Å². The van der Waals surface area contributed by atoms with Crippen LogP contribution >= 0.6 is 0 Å². The third-order valence-corrected chi connectivity index (χ3v) is 2.25. The Balaban J connectivity index is 0.000000199. The molecule has 0 heterocycles. The minimum Gasteiger partial charge on any atom is -0.508 e. The van der Waals surface area contributed by atoms with Crippen molar-refractivity contribution in [1.82, 2.24) is 0 Å². The maximum atomic E-state index is 9.09. The molecular weight excluding hydrogens is 232 g/mol. The van der Waals surface area contributed by atoms with Crippen LogP contribution in [0.2, 0.25) is 0 Å². The highest BCUT2D eigenvalue weighted by molar-refractivity contribution is 5.35. The van der Waals surface area contributed by atoms with Crippen LogP contribution in [0.15, 0.2) is 48.5 Å². The molecule has 2 aromatic carbocycles. The highest BCUT2D eigenvalue weighted by Crippen LogP contribution is 2.17. The van der Waals surface area contributed by atoms with Gasteiger partial charge in [0.25, 0.3) is 0 Å². The Morgan fingerprint density at radius 2 is 1.44 bits per heavy atom. The largest absolute Gasteiger partial charge is 0.508 e. The standard InChI is InChI=1S/C8H10O3.C6H6O/c9-4-6-1-2-8(11)7(3-6)5-10;7-6-4-2-1-3-5-6/h1-3,9-11H,4-5H2;1-5,7H. The summed E-state index contributed by atoms with van der Waals surface area (Å²) in [6.45, 7) is -0.285. The summed E-state index contributed by atoms with van der Waals surface area (Å²) in [6, 6.07) is 13.3. The summed E-state index contributed by atoms with van der Waals surface area (Å²) in [4.78, 5) is 0. The second kappa shape index (κ2) is 7.32. The van der Waals surface area contributed by atoms with E-state index in [-0.39, 0.29) is 19.0 Å². The van der Waals surface area contributed by atoms with E-state index in [9.17, 15) is 0 Å². The van der Waals surface area contributed by atoms with Crippen molar-refractivity contribution in [2.45, 2.75) is 13.2 Å². The molecule has 0 fully saturated rings. The van der Waals surface area contributed by atoms with Gasteiger partial charge in [-0.05, 0) is 29.8 Å². The second-order valence-electron chi connectivity index (χ2n) is 3.61. The number of phenols is 2. The van der Waals surface area contributed by atoms with Crippen LogP contribution in [0.1, 0.15) is 11.1 Å². The second-order valence-corrected chi connectivity index (χ2v) is 3.61. The lowest BCUT2D eigenvalue weighted by atomic mass is 10.1. The summed E-state index contributed by atoms with van der Waals surface area (Å²) in [7, 11) is 0. The summed E-state index contributed by atoms with van der Waals surface area (Å²) < 4.78 is 0. The molecule has 0 saturated carbocycles. The SMILES string of the molecule is OCc1ccc(O)c(CO)c1.Oc1ccccc1. The highest BCUT2D eigenvalue weighted by Gasteiger charge is 1.99. The van der Waals surface area contributed by atoms with E-state index in [0.29, 0.717) is 16.9 Å². The molecular formula is C14H16O4. The number of hydrogen-bond donors (Lipinski definition) is 4. The maximum Gasteiger partial charge on any atom is 0.121 e. The van der Waals surface area contributed by atoms with Crippen molar-refractivity contribution in [2.75, 3.05) is 0 Å². The van der Waals surface area contributed by atoms with Gasteiger partial charge in [-0.1, -0.05) is 24.3 Å². The van der Waals surface area contributed by atoms with E-state index in [4.69, 9.17) is 20.4 Å². The zero-order chi connectivity index (χ0) is 13.4. The van der Waals surface area contributed by atoms with Gasteiger partial charge in [-0.3, -0.25) is 0 Å². The number of para-hydroxylation sites is 1. The number of benzene rings is 2. The molecule has 0 aliphatic rings. The van der Waals surface area contributed by atoms with Gasteiger partial charge < -0.3 is 20.4 Å². The van der Waals surface area contributed by atoms with Crippen molar-refractivity contribution in [3.63, 3.8) is 0 Å². The molecule has 0 spiro atoms. The lowest BCUT2D eigenvalue weighted by Gasteiger charge is -2.02. The van der Waals surface area contributed by atoms with E-state index in [1.807, 2.05) is 6.07 Å². The molecule has 0 aromatic heterocycles. The maximum absolute atomic E-state index is 9.09. The predicted octanol–water partition coefficient (Wildman–Crippen LogP) is 1.77. The molecule has 0 aliphatic carbocycles. The number of hydrogen-bond acceptors (Lipinski definition) is 4. The number of phenolic OH excluding ortho intramolecular Hbond substituents is 1. The first-order valence-corrected chi connectivity index (χ1v) is 5.44. The predicted molar refractivity (Wildman–Crippen MR) is 68.1 cm³/mol. The monoisotopic (exact) mass is 248 g/mol. The lowest BCUT2D eigenvalue weighted by molar-refractivity contribution is 0.271. The Bertz CT molecular complexity index is 468. The molecule has 0 saturated heterocycles. The van der Waals surface area contributed by atoms with Crippen LogP contribution in [0.4, 0.5) is 0 Å². The smallest absolute Gasteiger partial charge is 0.121 e. The summed E-state index contributed by atoms with van der Waals surface area (Å²) in [5, 5.41) is 35.1. The molecule has 4 nitrogen and oxygen atoms in total. The molecule has 0 aliphatic heterocycles. The summed E-state index contributed by atoms with van der Waals surface area (Å²) in [6.07, 6.45) is 0. The van der Waals surface area contributed by atoms with Gasteiger partial charge in [0.05, 0.1) is 13.2 Å². The van der Waals surface area contributed by atoms with Gasteiger partial charge in [0.2, 0.25) is 0 Å². The Kier molecular flexibility index (Phi) is 5.70. The summed E-state index contributed by atoms with van der Waals surface area (Å²) in [5.74, 6) is 0.382. The van der Waals surface area contributed by atoms with E-state index >= 15 is 0 Å². The van der Waals surface area contributed by atoms with E-state index in [2.05, 4.69) is 0 Å². The van der Waals surface area contributed by atoms with Crippen LogP contribution in [0.3, 0.4) is 0 Å². The van der Waals surface area contributed by atoms with E-state index < -0.39 is 0 Å². The fourth-order valence-electron chi connectivity index (χ4n) is 1.29. The van der Waals surface area contributed by atoms with Gasteiger partial charge in [0, 0.05) is 5.56 Å². The number of aliphatic hydroxyl groups is 2. The van der Waals surface area contributed by atoms with Crippen molar-refractivity contribution in [2.24, 2.45) is 0 Å². The van der Waals surface area contributed by atoms with Crippen LogP contribution in [-0.4, -0.2) is 20.4 Å². The average Bonchev–Trinajstić information content (AvgIpc) is 2.41. The van der Waals surface area contributed by atoms with E-state index in [1.54, 1.807) is 36.4 Å². The summed E-state index contributed by atoms with van der Waals surface area (Å²) in [5.41, 5.74) is 1.13. The molecule has 0 atom stereocenters. The average molecular weight is 248 g/mol. The molecule has 2 rings (SSSR count). The van der Waals surface area contributed by atoms with Crippen molar-refractivity contribution in [3.05, 3.63) is 59.7 Å². The van der Waals surface area contributed by atoms with Gasteiger partial charge in [-0.15, -0.1) is 0 Å². The Morgan fingerprint density at radius 1 is 0.778 bits per heavy atom. The van der Waals surface area contributed by atoms with Crippen LogP contribution < -0.4 is 0 Å².